The summed E-state index contributed by atoms with van der Waals surface area (Å²) in [6.07, 6.45) is 3.79. The lowest BCUT2D eigenvalue weighted by Crippen LogP contribution is -2.47. The predicted octanol–water partition coefficient (Wildman–Crippen LogP) is 2.44. The molecule has 0 bridgehead atoms. The van der Waals surface area contributed by atoms with Gasteiger partial charge in [-0.25, -0.2) is 4.98 Å². The Hall–Kier alpha value is -2.63. The monoisotopic (exact) mass is 326 g/mol. The Morgan fingerprint density at radius 2 is 1.96 bits per heavy atom. The number of carbonyl (C=O) groups is 2. The zero-order valence-corrected chi connectivity index (χ0v) is 14.2. The van der Waals surface area contributed by atoms with Crippen molar-refractivity contribution in [1.29, 1.82) is 0 Å². The molecule has 0 radical (unpaired) electrons. The van der Waals surface area contributed by atoms with E-state index in [0.717, 1.165) is 29.2 Å². The SMILES string of the molecule is Cc1ncn(-c2ccc(NC(=O)C3CCCC(=O)N3C)cc2)c1C. The van der Waals surface area contributed by atoms with E-state index in [9.17, 15) is 9.59 Å². The Morgan fingerprint density at radius 1 is 1.25 bits per heavy atom. The van der Waals surface area contributed by atoms with E-state index >= 15 is 0 Å². The van der Waals surface area contributed by atoms with Crippen LogP contribution in [0.5, 0.6) is 0 Å². The fourth-order valence-electron chi connectivity index (χ4n) is 2.99. The summed E-state index contributed by atoms with van der Waals surface area (Å²) in [5.74, 6) is -0.101. The fraction of sp³-hybridized carbons (Fsp3) is 0.389. The Labute approximate surface area is 141 Å². The van der Waals surface area contributed by atoms with E-state index < -0.39 is 0 Å². The summed E-state index contributed by atoms with van der Waals surface area (Å²) < 4.78 is 2.01. The van der Waals surface area contributed by atoms with Gasteiger partial charge in [0.2, 0.25) is 11.8 Å². The molecule has 24 heavy (non-hydrogen) atoms. The molecule has 1 N–H and O–H groups in total. The number of likely N-dealkylation sites (N-methyl/N-ethyl adjacent to an activating group) is 1. The highest BCUT2D eigenvalue weighted by atomic mass is 16.2. The summed E-state index contributed by atoms with van der Waals surface area (Å²) in [6, 6.07) is 7.24. The van der Waals surface area contributed by atoms with Gasteiger partial charge in [0.15, 0.2) is 0 Å². The summed E-state index contributed by atoms with van der Waals surface area (Å²) in [7, 11) is 1.69. The Bertz CT molecular complexity index is 764. The maximum absolute atomic E-state index is 12.4. The topological polar surface area (TPSA) is 67.2 Å². The standard InChI is InChI=1S/C18H22N4O2/c1-12-13(2)22(11-19-12)15-9-7-14(8-10-15)20-18(24)16-5-4-6-17(23)21(16)3/h7-11,16H,4-6H2,1-3H3,(H,20,24). The number of piperidine rings is 1. The molecule has 0 aliphatic carbocycles. The molecule has 1 aromatic carbocycles. The molecule has 1 aliphatic heterocycles. The van der Waals surface area contributed by atoms with Crippen molar-refractivity contribution in [2.45, 2.75) is 39.2 Å². The van der Waals surface area contributed by atoms with Crippen molar-refractivity contribution in [3.63, 3.8) is 0 Å². The van der Waals surface area contributed by atoms with Crippen LogP contribution in [0.4, 0.5) is 5.69 Å². The minimum atomic E-state index is -0.385. The lowest BCUT2D eigenvalue weighted by Gasteiger charge is -2.31. The van der Waals surface area contributed by atoms with E-state index in [2.05, 4.69) is 10.3 Å². The molecule has 6 nitrogen and oxygen atoms in total. The van der Waals surface area contributed by atoms with E-state index in [1.807, 2.05) is 42.7 Å². The van der Waals surface area contributed by atoms with E-state index in [-0.39, 0.29) is 17.9 Å². The number of amides is 2. The molecule has 2 amide bonds. The Morgan fingerprint density at radius 3 is 2.58 bits per heavy atom. The molecule has 126 valence electrons. The van der Waals surface area contributed by atoms with Crippen LogP contribution in [0.25, 0.3) is 5.69 Å². The van der Waals surface area contributed by atoms with Crippen LogP contribution in [0.2, 0.25) is 0 Å². The smallest absolute Gasteiger partial charge is 0.247 e. The molecule has 1 atom stereocenters. The molecule has 1 unspecified atom stereocenters. The third-order valence-electron chi connectivity index (χ3n) is 4.70. The second-order valence-corrected chi connectivity index (χ2v) is 6.23. The number of likely N-dealkylation sites (tertiary alicyclic amines) is 1. The van der Waals surface area contributed by atoms with Crippen molar-refractivity contribution in [2.75, 3.05) is 12.4 Å². The van der Waals surface area contributed by atoms with Gasteiger partial charge in [-0.05, 0) is 51.0 Å². The molecule has 1 aliphatic rings. The van der Waals surface area contributed by atoms with E-state index in [1.54, 1.807) is 18.3 Å². The minimum Gasteiger partial charge on any atom is -0.334 e. The van der Waals surface area contributed by atoms with Crippen molar-refractivity contribution in [3.8, 4) is 5.69 Å². The summed E-state index contributed by atoms with van der Waals surface area (Å²) >= 11 is 0. The van der Waals surface area contributed by atoms with Crippen LogP contribution in [-0.2, 0) is 9.59 Å². The van der Waals surface area contributed by atoms with Gasteiger partial charge in [0.05, 0.1) is 12.0 Å². The van der Waals surface area contributed by atoms with E-state index in [4.69, 9.17) is 0 Å². The summed E-state index contributed by atoms with van der Waals surface area (Å²) in [5, 5.41) is 2.90. The zero-order valence-electron chi connectivity index (χ0n) is 14.2. The highest BCUT2D eigenvalue weighted by Gasteiger charge is 2.30. The van der Waals surface area contributed by atoms with Crippen LogP contribution in [-0.4, -0.2) is 39.4 Å². The number of carbonyl (C=O) groups excluding carboxylic acids is 2. The first-order valence-corrected chi connectivity index (χ1v) is 8.15. The molecule has 6 heteroatoms. The maximum Gasteiger partial charge on any atom is 0.247 e. The van der Waals surface area contributed by atoms with Crippen molar-refractivity contribution in [2.24, 2.45) is 0 Å². The number of nitrogens with one attached hydrogen (secondary N) is 1. The van der Waals surface area contributed by atoms with Gasteiger partial charge in [-0.15, -0.1) is 0 Å². The van der Waals surface area contributed by atoms with Gasteiger partial charge >= 0.3 is 0 Å². The van der Waals surface area contributed by atoms with Crippen LogP contribution >= 0.6 is 0 Å². The Kier molecular flexibility index (Phi) is 4.38. The Balaban J connectivity index is 1.71. The number of hydrogen-bond donors (Lipinski definition) is 1. The first kappa shape index (κ1) is 16.2. The van der Waals surface area contributed by atoms with Crippen LogP contribution in [0, 0.1) is 13.8 Å². The number of imidazole rings is 1. The minimum absolute atomic E-state index is 0.0303. The molecule has 1 saturated heterocycles. The van der Waals surface area contributed by atoms with Crippen molar-refractivity contribution in [3.05, 3.63) is 42.0 Å². The molecule has 1 aromatic heterocycles. The summed E-state index contributed by atoms with van der Waals surface area (Å²) in [4.78, 5) is 30.0. The van der Waals surface area contributed by atoms with Gasteiger partial charge in [-0.1, -0.05) is 0 Å². The molecular weight excluding hydrogens is 304 g/mol. The van der Waals surface area contributed by atoms with Gasteiger partial charge in [0.25, 0.3) is 0 Å². The number of anilines is 1. The largest absolute Gasteiger partial charge is 0.334 e. The number of nitrogens with zero attached hydrogens (tertiary/aromatic N) is 3. The number of aromatic nitrogens is 2. The average Bonchev–Trinajstić information content (AvgIpc) is 2.90. The maximum atomic E-state index is 12.4. The van der Waals surface area contributed by atoms with Gasteiger partial charge in [-0.3, -0.25) is 9.59 Å². The van der Waals surface area contributed by atoms with Crippen LogP contribution in [0.1, 0.15) is 30.7 Å². The lowest BCUT2D eigenvalue weighted by molar-refractivity contribution is -0.140. The van der Waals surface area contributed by atoms with Crippen molar-refractivity contribution >= 4 is 17.5 Å². The third-order valence-corrected chi connectivity index (χ3v) is 4.70. The molecular formula is C18H22N4O2. The fourth-order valence-corrected chi connectivity index (χ4v) is 2.99. The van der Waals surface area contributed by atoms with Crippen LogP contribution in [0.3, 0.4) is 0 Å². The highest BCUT2D eigenvalue weighted by Crippen LogP contribution is 2.20. The molecule has 1 fully saturated rings. The van der Waals surface area contributed by atoms with Crippen LogP contribution in [0.15, 0.2) is 30.6 Å². The number of rotatable bonds is 3. The number of aryl methyl sites for hydroxylation is 1. The predicted molar refractivity (Wildman–Crippen MR) is 92.1 cm³/mol. The molecule has 2 heterocycles. The summed E-state index contributed by atoms with van der Waals surface area (Å²) in [6.45, 7) is 4.00. The van der Waals surface area contributed by atoms with Gasteiger partial charge in [-0.2, -0.15) is 0 Å². The van der Waals surface area contributed by atoms with E-state index in [0.29, 0.717) is 12.8 Å². The van der Waals surface area contributed by atoms with Gasteiger partial charge in [0.1, 0.15) is 6.04 Å². The third kappa shape index (κ3) is 3.04. The number of hydrogen-bond acceptors (Lipinski definition) is 3. The van der Waals surface area contributed by atoms with E-state index in [1.165, 1.54) is 0 Å². The van der Waals surface area contributed by atoms with Gasteiger partial charge in [0, 0.05) is 30.5 Å². The lowest BCUT2D eigenvalue weighted by atomic mass is 10.0. The normalized spacial score (nSPS) is 17.9. The molecule has 0 saturated carbocycles. The second kappa shape index (κ2) is 6.47. The molecule has 3 rings (SSSR count). The molecule has 0 spiro atoms. The van der Waals surface area contributed by atoms with Crippen LogP contribution < -0.4 is 5.32 Å². The van der Waals surface area contributed by atoms with Crippen molar-refractivity contribution < 1.29 is 9.59 Å². The highest BCUT2D eigenvalue weighted by molar-refractivity contribution is 5.97. The first-order valence-electron chi connectivity index (χ1n) is 8.15. The first-order chi connectivity index (χ1) is 11.5. The van der Waals surface area contributed by atoms with Gasteiger partial charge < -0.3 is 14.8 Å². The quantitative estimate of drug-likeness (QED) is 0.942. The summed E-state index contributed by atoms with van der Waals surface area (Å²) in [5.41, 5.74) is 3.81. The zero-order chi connectivity index (χ0) is 17.3. The second-order valence-electron chi connectivity index (χ2n) is 6.23. The average molecular weight is 326 g/mol. The number of benzene rings is 1. The van der Waals surface area contributed by atoms with Crippen molar-refractivity contribution in [1.82, 2.24) is 14.5 Å². The molecule has 2 aromatic rings.